The average molecular weight is 319 g/mol. The van der Waals surface area contributed by atoms with Gasteiger partial charge in [-0.05, 0) is 12.8 Å². The van der Waals surface area contributed by atoms with Crippen LogP contribution in [0.2, 0.25) is 0 Å². The molecule has 126 valence electrons. The number of ether oxygens (including phenoxy) is 1. The normalized spacial score (nSPS) is 21.7. The zero-order valence-electron chi connectivity index (χ0n) is 13.5. The minimum Gasteiger partial charge on any atom is -0.619 e. The molecule has 3 rings (SSSR count). The smallest absolute Gasteiger partial charge is 0.251 e. The maximum Gasteiger partial charge on any atom is 0.251 e. The second kappa shape index (κ2) is 7.27. The van der Waals surface area contributed by atoms with Crippen LogP contribution in [-0.4, -0.2) is 49.2 Å². The molecule has 0 aromatic carbocycles. The molecular weight excluding hydrogens is 294 g/mol. The molecule has 1 amide bonds. The van der Waals surface area contributed by atoms with E-state index < -0.39 is 0 Å². The molecular formula is C17H25N3O3. The Hall–Kier alpha value is -1.66. The predicted molar refractivity (Wildman–Crippen MR) is 85.9 cm³/mol. The molecule has 1 aliphatic heterocycles. The van der Waals surface area contributed by atoms with Crippen molar-refractivity contribution in [3.05, 3.63) is 35.3 Å². The van der Waals surface area contributed by atoms with Gasteiger partial charge < -0.3 is 15.3 Å². The summed E-state index contributed by atoms with van der Waals surface area (Å²) < 4.78 is 6.17. The molecule has 1 aliphatic carbocycles. The molecule has 6 nitrogen and oxygen atoms in total. The number of hydrogen-bond donors (Lipinski definition) is 1. The van der Waals surface area contributed by atoms with E-state index >= 15 is 0 Å². The first-order valence-corrected chi connectivity index (χ1v) is 8.49. The fraction of sp³-hybridized carbons (Fsp3) is 0.647. The Morgan fingerprint density at radius 3 is 2.52 bits per heavy atom. The Morgan fingerprint density at radius 2 is 1.87 bits per heavy atom. The van der Waals surface area contributed by atoms with Crippen molar-refractivity contribution in [3.63, 3.8) is 0 Å². The maximum atomic E-state index is 12.4. The van der Waals surface area contributed by atoms with Crippen LogP contribution in [0.15, 0.2) is 24.5 Å². The van der Waals surface area contributed by atoms with Gasteiger partial charge in [-0.1, -0.05) is 19.3 Å². The van der Waals surface area contributed by atoms with Crippen LogP contribution in [0.1, 0.15) is 42.5 Å². The van der Waals surface area contributed by atoms with Crippen LogP contribution in [0.25, 0.3) is 0 Å². The van der Waals surface area contributed by atoms with Crippen LogP contribution in [0, 0.1) is 5.21 Å². The van der Waals surface area contributed by atoms with Crippen molar-refractivity contribution in [3.8, 4) is 0 Å². The van der Waals surface area contributed by atoms with Crippen LogP contribution in [0.4, 0.5) is 0 Å². The predicted octanol–water partition coefficient (Wildman–Crippen LogP) is 1.08. The van der Waals surface area contributed by atoms with Crippen LogP contribution in [0.3, 0.4) is 0 Å². The van der Waals surface area contributed by atoms with E-state index in [-0.39, 0.29) is 11.4 Å². The lowest BCUT2D eigenvalue weighted by molar-refractivity contribution is -0.605. The lowest BCUT2D eigenvalue weighted by atomic mass is 9.79. The molecule has 23 heavy (non-hydrogen) atoms. The second-order valence-electron chi connectivity index (χ2n) is 6.51. The number of rotatable bonds is 4. The van der Waals surface area contributed by atoms with Gasteiger partial charge in [-0.3, -0.25) is 9.69 Å². The third kappa shape index (κ3) is 3.82. The number of nitrogens with zero attached hydrogens (tertiary/aromatic N) is 2. The molecule has 1 saturated carbocycles. The molecule has 1 saturated heterocycles. The first-order chi connectivity index (χ1) is 11.2. The highest BCUT2D eigenvalue weighted by molar-refractivity contribution is 5.93. The largest absolute Gasteiger partial charge is 0.619 e. The van der Waals surface area contributed by atoms with Crippen molar-refractivity contribution >= 4 is 5.91 Å². The third-order valence-corrected chi connectivity index (χ3v) is 5.11. The topological polar surface area (TPSA) is 68.5 Å². The number of pyridine rings is 1. The molecule has 6 heteroatoms. The molecule has 2 aliphatic rings. The van der Waals surface area contributed by atoms with E-state index in [0.717, 1.165) is 39.1 Å². The van der Waals surface area contributed by atoms with E-state index in [1.807, 2.05) is 0 Å². The molecule has 0 atom stereocenters. The van der Waals surface area contributed by atoms with Crippen LogP contribution < -0.4 is 10.0 Å². The number of carbonyl (C=O) groups is 1. The van der Waals surface area contributed by atoms with Gasteiger partial charge in [0.2, 0.25) is 0 Å². The molecule has 2 heterocycles. The standard InChI is InChI=1S/C17H25N3O3/c21-16(15-4-8-20(22)9-5-15)18-14-17(6-2-1-3-7-17)19-10-12-23-13-11-19/h4-5,8-9H,1-3,6-7,10-14H2,(H,18,21). The van der Waals surface area contributed by atoms with Gasteiger partial charge in [0.1, 0.15) is 0 Å². The summed E-state index contributed by atoms with van der Waals surface area (Å²) in [5.41, 5.74) is 0.593. The monoisotopic (exact) mass is 319 g/mol. The van der Waals surface area contributed by atoms with E-state index in [4.69, 9.17) is 4.74 Å². The lowest BCUT2D eigenvalue weighted by Crippen LogP contribution is -2.59. The maximum absolute atomic E-state index is 12.4. The summed E-state index contributed by atoms with van der Waals surface area (Å²) in [6.45, 7) is 4.10. The zero-order chi connectivity index (χ0) is 16.1. The molecule has 1 N–H and O–H groups in total. The lowest BCUT2D eigenvalue weighted by Gasteiger charge is -2.48. The molecule has 0 bridgehead atoms. The third-order valence-electron chi connectivity index (χ3n) is 5.11. The molecule has 1 aromatic heterocycles. The summed E-state index contributed by atoms with van der Waals surface area (Å²) >= 11 is 0. The molecule has 0 unspecified atom stereocenters. The van der Waals surface area contributed by atoms with Crippen molar-refractivity contribution in [1.29, 1.82) is 0 Å². The summed E-state index contributed by atoms with van der Waals surface area (Å²) in [4.78, 5) is 14.9. The molecule has 0 spiro atoms. The Bertz CT molecular complexity index is 520. The highest BCUT2D eigenvalue weighted by atomic mass is 16.5. The Morgan fingerprint density at radius 1 is 1.22 bits per heavy atom. The van der Waals surface area contributed by atoms with Gasteiger partial charge >= 0.3 is 0 Å². The highest BCUT2D eigenvalue weighted by Gasteiger charge is 2.38. The summed E-state index contributed by atoms with van der Waals surface area (Å²) in [5.74, 6) is -0.108. The number of carbonyl (C=O) groups excluding carboxylic acids is 1. The van der Waals surface area contributed by atoms with Crippen molar-refractivity contribution in [2.24, 2.45) is 0 Å². The summed E-state index contributed by atoms with van der Waals surface area (Å²) in [6, 6.07) is 3.12. The van der Waals surface area contributed by atoms with Crippen molar-refractivity contribution in [2.75, 3.05) is 32.8 Å². The van der Waals surface area contributed by atoms with Crippen molar-refractivity contribution in [1.82, 2.24) is 10.2 Å². The number of aromatic nitrogens is 1. The Kier molecular flexibility index (Phi) is 5.13. The molecule has 1 aromatic rings. The number of amides is 1. The number of hydrogen-bond acceptors (Lipinski definition) is 4. The summed E-state index contributed by atoms with van der Waals surface area (Å²) in [5, 5.41) is 14.2. The van der Waals surface area contributed by atoms with Gasteiger partial charge in [0.05, 0.1) is 18.8 Å². The molecule has 2 fully saturated rings. The van der Waals surface area contributed by atoms with E-state index in [1.165, 1.54) is 31.7 Å². The minimum atomic E-state index is -0.108. The SMILES string of the molecule is O=C(NCC1(N2CCOCC2)CCCCC1)c1cc[n+]([O-])cc1. The Balaban J connectivity index is 1.66. The Labute approximate surface area is 137 Å². The van der Waals surface area contributed by atoms with Crippen LogP contribution in [-0.2, 0) is 4.74 Å². The molecule has 0 radical (unpaired) electrons. The van der Waals surface area contributed by atoms with Gasteiger partial charge in [0.25, 0.3) is 5.91 Å². The zero-order valence-corrected chi connectivity index (χ0v) is 13.5. The first kappa shape index (κ1) is 16.2. The van der Waals surface area contributed by atoms with Gasteiger partial charge in [0.15, 0.2) is 12.4 Å². The quantitative estimate of drug-likeness (QED) is 0.666. The fourth-order valence-corrected chi connectivity index (χ4v) is 3.76. The first-order valence-electron chi connectivity index (χ1n) is 8.49. The summed E-state index contributed by atoms with van der Waals surface area (Å²) in [7, 11) is 0. The van der Waals surface area contributed by atoms with Crippen LogP contribution >= 0.6 is 0 Å². The number of morpholine rings is 1. The van der Waals surface area contributed by atoms with E-state index in [1.54, 1.807) is 12.1 Å². The highest BCUT2D eigenvalue weighted by Crippen LogP contribution is 2.33. The van der Waals surface area contributed by atoms with Crippen molar-refractivity contribution < 1.29 is 14.3 Å². The van der Waals surface area contributed by atoms with Crippen LogP contribution in [0.5, 0.6) is 0 Å². The van der Waals surface area contributed by atoms with E-state index in [2.05, 4.69) is 10.2 Å². The summed E-state index contributed by atoms with van der Waals surface area (Å²) in [6.07, 6.45) is 8.68. The fourth-order valence-electron chi connectivity index (χ4n) is 3.76. The van der Waals surface area contributed by atoms with E-state index in [0.29, 0.717) is 16.8 Å². The second-order valence-corrected chi connectivity index (χ2v) is 6.51. The van der Waals surface area contributed by atoms with Gasteiger partial charge in [0, 0.05) is 37.3 Å². The minimum absolute atomic E-state index is 0.0604. The van der Waals surface area contributed by atoms with Gasteiger partial charge in [-0.2, -0.15) is 4.73 Å². The van der Waals surface area contributed by atoms with E-state index in [9.17, 15) is 10.0 Å². The number of nitrogens with one attached hydrogen (secondary N) is 1. The van der Waals surface area contributed by atoms with Crippen molar-refractivity contribution in [2.45, 2.75) is 37.6 Å². The average Bonchev–Trinajstić information content (AvgIpc) is 2.62. The van der Waals surface area contributed by atoms with Gasteiger partial charge in [-0.25, -0.2) is 0 Å². The van der Waals surface area contributed by atoms with Gasteiger partial charge in [-0.15, -0.1) is 0 Å².